The highest BCUT2D eigenvalue weighted by atomic mass is 16.5. The van der Waals surface area contributed by atoms with Gasteiger partial charge in [0, 0.05) is 18.2 Å². The van der Waals surface area contributed by atoms with E-state index in [9.17, 15) is 19.2 Å². The van der Waals surface area contributed by atoms with Crippen molar-refractivity contribution in [2.24, 2.45) is 5.92 Å². The third-order valence-corrected chi connectivity index (χ3v) is 4.64. The van der Waals surface area contributed by atoms with E-state index in [1.54, 1.807) is 69.3 Å². The fraction of sp³-hybridized carbons (Fsp3) is 0.304. The normalized spacial score (nSPS) is 12.4. The quantitative estimate of drug-likeness (QED) is 0.590. The Morgan fingerprint density at radius 1 is 0.903 bits per heavy atom. The number of esters is 1. The molecule has 2 aromatic rings. The topological polar surface area (TPSA) is 114 Å². The smallest absolute Gasteiger partial charge is 0.330 e. The average Bonchev–Trinajstić information content (AvgIpc) is 2.75. The van der Waals surface area contributed by atoms with Gasteiger partial charge in [-0.3, -0.25) is 14.9 Å². The number of benzene rings is 2. The molecule has 8 nitrogen and oxygen atoms in total. The van der Waals surface area contributed by atoms with Gasteiger partial charge >= 0.3 is 12.0 Å². The number of amides is 4. The van der Waals surface area contributed by atoms with Crippen molar-refractivity contribution in [2.45, 2.75) is 32.9 Å². The van der Waals surface area contributed by atoms with Crippen LogP contribution in [0.3, 0.4) is 0 Å². The first-order chi connectivity index (χ1) is 14.7. The van der Waals surface area contributed by atoms with Crippen LogP contribution in [0.15, 0.2) is 54.6 Å². The molecule has 3 N–H and O–H groups in total. The van der Waals surface area contributed by atoms with Crippen LogP contribution in [0.1, 0.15) is 41.4 Å². The van der Waals surface area contributed by atoms with Crippen LogP contribution < -0.4 is 16.0 Å². The summed E-state index contributed by atoms with van der Waals surface area (Å²) < 4.78 is 5.49. The van der Waals surface area contributed by atoms with Crippen molar-refractivity contribution < 1.29 is 23.9 Å². The van der Waals surface area contributed by atoms with Gasteiger partial charge in [-0.2, -0.15) is 0 Å². The second-order valence-corrected chi connectivity index (χ2v) is 7.31. The Morgan fingerprint density at radius 3 is 2.10 bits per heavy atom. The molecule has 2 aromatic carbocycles. The van der Waals surface area contributed by atoms with Crippen molar-refractivity contribution in [1.29, 1.82) is 0 Å². The maximum atomic E-state index is 13.0. The summed E-state index contributed by atoms with van der Waals surface area (Å²) in [6.07, 6.45) is -1.36. The summed E-state index contributed by atoms with van der Waals surface area (Å²) >= 11 is 0. The Hall–Kier alpha value is -3.68. The highest BCUT2D eigenvalue weighted by Gasteiger charge is 2.32. The van der Waals surface area contributed by atoms with E-state index < -0.39 is 36.0 Å². The number of urea groups is 1. The van der Waals surface area contributed by atoms with E-state index >= 15 is 0 Å². The van der Waals surface area contributed by atoms with Crippen molar-refractivity contribution in [3.63, 3.8) is 0 Å². The monoisotopic (exact) mass is 425 g/mol. The van der Waals surface area contributed by atoms with Crippen LogP contribution in [0.5, 0.6) is 0 Å². The number of rotatable bonds is 7. The maximum absolute atomic E-state index is 13.0. The lowest BCUT2D eigenvalue weighted by Crippen LogP contribution is -2.47. The Labute approximate surface area is 181 Å². The average molecular weight is 425 g/mol. The summed E-state index contributed by atoms with van der Waals surface area (Å²) in [5, 5.41) is 7.10. The first-order valence-corrected chi connectivity index (χ1v) is 9.89. The van der Waals surface area contributed by atoms with Gasteiger partial charge in [-0.25, -0.2) is 9.59 Å². The van der Waals surface area contributed by atoms with Gasteiger partial charge in [-0.15, -0.1) is 0 Å². The van der Waals surface area contributed by atoms with E-state index in [0.717, 1.165) is 5.56 Å². The molecule has 0 bridgehead atoms. The Bertz CT molecular complexity index is 943. The zero-order chi connectivity index (χ0) is 23.0. The molecule has 0 spiro atoms. The number of hydrogen-bond donors (Lipinski definition) is 3. The molecule has 4 amide bonds. The molecule has 0 aliphatic rings. The van der Waals surface area contributed by atoms with Crippen LogP contribution >= 0.6 is 0 Å². The largest absolute Gasteiger partial charge is 0.446 e. The summed E-state index contributed by atoms with van der Waals surface area (Å²) in [6, 6.07) is 13.6. The van der Waals surface area contributed by atoms with Gasteiger partial charge in [-0.05, 0) is 24.5 Å². The molecule has 31 heavy (non-hydrogen) atoms. The van der Waals surface area contributed by atoms with Crippen molar-refractivity contribution in [3.05, 3.63) is 71.3 Å². The zero-order valence-electron chi connectivity index (χ0n) is 18.0. The van der Waals surface area contributed by atoms with Crippen molar-refractivity contribution in [2.75, 3.05) is 7.05 Å². The molecule has 0 radical (unpaired) electrons. The van der Waals surface area contributed by atoms with E-state index in [0.29, 0.717) is 11.1 Å². The summed E-state index contributed by atoms with van der Waals surface area (Å²) in [6.45, 7) is 5.31. The summed E-state index contributed by atoms with van der Waals surface area (Å²) in [7, 11) is 1.36. The number of ether oxygens (including phenoxy) is 1. The lowest BCUT2D eigenvalue weighted by atomic mass is 10.0. The molecule has 0 fully saturated rings. The van der Waals surface area contributed by atoms with Crippen molar-refractivity contribution in [3.8, 4) is 0 Å². The van der Waals surface area contributed by atoms with E-state index in [2.05, 4.69) is 16.0 Å². The van der Waals surface area contributed by atoms with E-state index in [1.807, 2.05) is 6.07 Å². The van der Waals surface area contributed by atoms with Gasteiger partial charge in [0.05, 0.1) is 0 Å². The van der Waals surface area contributed by atoms with Crippen molar-refractivity contribution in [1.82, 2.24) is 16.0 Å². The van der Waals surface area contributed by atoms with Gasteiger partial charge in [-0.1, -0.05) is 62.4 Å². The van der Waals surface area contributed by atoms with Crippen LogP contribution in [-0.4, -0.2) is 36.9 Å². The molecule has 0 saturated carbocycles. The SMILES string of the molecule is CNC(=O)NC(=O)[C@@H](OC(=O)[C@@H](NC(=O)c1ccccc1C)C(C)C)c1ccccc1. The number of carbonyl (C=O) groups excluding carboxylic acids is 4. The van der Waals surface area contributed by atoms with Gasteiger partial charge in [0.2, 0.25) is 6.10 Å². The minimum Gasteiger partial charge on any atom is -0.446 e. The van der Waals surface area contributed by atoms with Crippen LogP contribution in [0.4, 0.5) is 4.79 Å². The molecule has 8 heteroatoms. The fourth-order valence-electron chi connectivity index (χ4n) is 2.87. The summed E-state index contributed by atoms with van der Waals surface area (Å²) in [4.78, 5) is 49.8. The van der Waals surface area contributed by atoms with E-state index in [-0.39, 0.29) is 5.92 Å². The van der Waals surface area contributed by atoms with E-state index in [1.165, 1.54) is 7.05 Å². The van der Waals surface area contributed by atoms with Gasteiger partial charge < -0.3 is 15.4 Å². The summed E-state index contributed by atoms with van der Waals surface area (Å²) in [5.74, 6) is -2.30. The fourth-order valence-corrected chi connectivity index (χ4v) is 2.87. The first kappa shape index (κ1) is 23.6. The van der Waals surface area contributed by atoms with Crippen LogP contribution in [-0.2, 0) is 14.3 Å². The molecule has 0 unspecified atom stereocenters. The minimum atomic E-state index is -1.36. The van der Waals surface area contributed by atoms with Gasteiger partial charge in [0.15, 0.2) is 0 Å². The molecular weight excluding hydrogens is 398 g/mol. The summed E-state index contributed by atoms with van der Waals surface area (Å²) in [5.41, 5.74) is 1.60. The van der Waals surface area contributed by atoms with Gasteiger partial charge in [0.25, 0.3) is 11.8 Å². The first-order valence-electron chi connectivity index (χ1n) is 9.89. The molecular formula is C23H27N3O5. The Kier molecular flexibility index (Phi) is 8.31. The van der Waals surface area contributed by atoms with E-state index in [4.69, 9.17) is 4.74 Å². The van der Waals surface area contributed by atoms with Gasteiger partial charge in [0.1, 0.15) is 6.04 Å². The predicted molar refractivity (Wildman–Crippen MR) is 115 cm³/mol. The number of hydrogen-bond acceptors (Lipinski definition) is 5. The molecule has 2 rings (SSSR count). The van der Waals surface area contributed by atoms with Crippen LogP contribution in [0.2, 0.25) is 0 Å². The number of imide groups is 1. The molecule has 164 valence electrons. The Balaban J connectivity index is 2.24. The van der Waals surface area contributed by atoms with Crippen LogP contribution in [0, 0.1) is 12.8 Å². The van der Waals surface area contributed by atoms with Crippen molar-refractivity contribution >= 4 is 23.8 Å². The number of nitrogens with one attached hydrogen (secondary N) is 3. The lowest BCUT2D eigenvalue weighted by molar-refractivity contribution is -0.159. The minimum absolute atomic E-state index is 0.307. The van der Waals surface area contributed by atoms with Crippen LogP contribution in [0.25, 0.3) is 0 Å². The third-order valence-electron chi connectivity index (χ3n) is 4.64. The molecule has 0 saturated heterocycles. The maximum Gasteiger partial charge on any atom is 0.330 e. The standard InChI is InChI=1S/C23H27N3O5/c1-14(2)18(25-20(27)17-13-9-8-10-15(17)3)22(29)31-19(16-11-6-5-7-12-16)21(28)26-23(30)24-4/h5-14,18-19H,1-4H3,(H,25,27)(H2,24,26,28,30)/t18-,19-/m0/s1. The molecule has 0 aliphatic heterocycles. The molecule has 2 atom stereocenters. The molecule has 0 aromatic heterocycles. The second-order valence-electron chi connectivity index (χ2n) is 7.31. The second kappa shape index (κ2) is 10.9. The lowest BCUT2D eigenvalue weighted by Gasteiger charge is -2.24. The molecule has 0 aliphatic carbocycles. The Morgan fingerprint density at radius 2 is 1.52 bits per heavy atom. The zero-order valence-corrected chi connectivity index (χ0v) is 18.0. The number of aryl methyl sites for hydroxylation is 1. The highest BCUT2D eigenvalue weighted by molar-refractivity contribution is 5.99. The molecule has 0 heterocycles. The predicted octanol–water partition coefficient (Wildman–Crippen LogP) is 2.49. The highest BCUT2D eigenvalue weighted by Crippen LogP contribution is 2.20. The number of carbonyl (C=O) groups is 4. The third kappa shape index (κ3) is 6.40.